The summed E-state index contributed by atoms with van der Waals surface area (Å²) < 4.78 is 3.21. The highest BCUT2D eigenvalue weighted by Crippen LogP contribution is 2.34. The van der Waals surface area contributed by atoms with Crippen LogP contribution in [0.4, 0.5) is 5.69 Å². The first-order valence-corrected chi connectivity index (χ1v) is 10.6. The van der Waals surface area contributed by atoms with E-state index in [-0.39, 0.29) is 11.7 Å². The lowest BCUT2D eigenvalue weighted by Gasteiger charge is -2.08. The zero-order valence-electron chi connectivity index (χ0n) is 15.0. The molecule has 0 unspecified atom stereocenters. The Morgan fingerprint density at radius 3 is 2.75 bits per heavy atom. The number of aromatic nitrogens is 3. The number of para-hydroxylation sites is 1. The van der Waals surface area contributed by atoms with Crippen LogP contribution < -0.4 is 5.32 Å². The number of thiophene rings is 1. The molecule has 4 aromatic rings. The Kier molecular flexibility index (Phi) is 5.55. The van der Waals surface area contributed by atoms with Crippen LogP contribution in [0.25, 0.3) is 21.5 Å². The van der Waals surface area contributed by atoms with Gasteiger partial charge in [0.1, 0.15) is 0 Å². The predicted molar refractivity (Wildman–Crippen MR) is 117 cm³/mol. The average molecular weight is 407 g/mol. The lowest BCUT2D eigenvalue weighted by Crippen LogP contribution is -2.14. The topological polar surface area (TPSA) is 59.8 Å². The Morgan fingerprint density at radius 2 is 1.93 bits per heavy atom. The summed E-state index contributed by atoms with van der Waals surface area (Å²) in [5.74, 6) is 0.976. The van der Waals surface area contributed by atoms with Gasteiger partial charge in [0, 0.05) is 33.3 Å². The fraction of sp³-hybridized carbons (Fsp3) is 0.0952. The Hall–Kier alpha value is -2.90. The smallest absolute Gasteiger partial charge is 0.234 e. The summed E-state index contributed by atoms with van der Waals surface area (Å²) in [6.07, 6.45) is 1.81. The van der Waals surface area contributed by atoms with E-state index in [1.807, 2.05) is 53.1 Å². The summed E-state index contributed by atoms with van der Waals surface area (Å²) in [6.45, 7) is 4.43. The molecule has 0 atom stereocenters. The Morgan fingerprint density at radius 1 is 1.14 bits per heavy atom. The molecule has 0 bridgehead atoms. The van der Waals surface area contributed by atoms with Gasteiger partial charge in [0.05, 0.1) is 5.75 Å². The number of thioether (sulfide) groups is 1. The quantitative estimate of drug-likeness (QED) is 0.344. The first-order chi connectivity index (χ1) is 13.8. The summed E-state index contributed by atoms with van der Waals surface area (Å²) in [7, 11) is 0. The minimum Gasteiger partial charge on any atom is -0.325 e. The molecule has 0 aliphatic heterocycles. The van der Waals surface area contributed by atoms with Crippen molar-refractivity contribution in [3.05, 3.63) is 72.6 Å². The first kappa shape index (κ1) is 18.5. The largest absolute Gasteiger partial charge is 0.325 e. The summed E-state index contributed by atoms with van der Waals surface area (Å²) >= 11 is 3.06. The maximum Gasteiger partial charge on any atom is 0.234 e. The van der Waals surface area contributed by atoms with Crippen LogP contribution in [0.3, 0.4) is 0 Å². The Labute approximate surface area is 171 Å². The zero-order chi connectivity index (χ0) is 19.3. The number of allylic oxidation sites excluding steroid dienone is 1. The third kappa shape index (κ3) is 3.85. The van der Waals surface area contributed by atoms with Crippen LogP contribution in [-0.4, -0.2) is 26.4 Å². The highest BCUT2D eigenvalue weighted by molar-refractivity contribution is 7.99. The van der Waals surface area contributed by atoms with Crippen molar-refractivity contribution in [3.63, 3.8) is 0 Å². The number of nitrogens with one attached hydrogen (secondary N) is 1. The fourth-order valence-corrected chi connectivity index (χ4v) is 4.58. The molecule has 2 aromatic carbocycles. The summed E-state index contributed by atoms with van der Waals surface area (Å²) in [5.41, 5.74) is 1.83. The van der Waals surface area contributed by atoms with Crippen LogP contribution in [-0.2, 0) is 11.3 Å². The molecule has 1 N–H and O–H groups in total. The van der Waals surface area contributed by atoms with Crippen molar-refractivity contribution in [1.29, 1.82) is 0 Å². The monoisotopic (exact) mass is 406 g/mol. The van der Waals surface area contributed by atoms with E-state index in [1.54, 1.807) is 11.3 Å². The minimum atomic E-state index is -0.0770. The van der Waals surface area contributed by atoms with Crippen molar-refractivity contribution in [3.8, 4) is 11.4 Å². The molecule has 7 heteroatoms. The molecule has 0 saturated carbocycles. The second kappa shape index (κ2) is 8.41. The van der Waals surface area contributed by atoms with Gasteiger partial charge in [0.2, 0.25) is 5.91 Å². The van der Waals surface area contributed by atoms with Gasteiger partial charge in [0.15, 0.2) is 11.0 Å². The Bertz CT molecular complexity index is 1120. The van der Waals surface area contributed by atoms with E-state index in [1.165, 1.54) is 16.5 Å². The van der Waals surface area contributed by atoms with Crippen molar-refractivity contribution in [2.75, 3.05) is 11.1 Å². The van der Waals surface area contributed by atoms with E-state index in [0.717, 1.165) is 22.5 Å². The van der Waals surface area contributed by atoms with Crippen molar-refractivity contribution >= 4 is 44.8 Å². The van der Waals surface area contributed by atoms with Crippen LogP contribution in [0.5, 0.6) is 0 Å². The minimum absolute atomic E-state index is 0.0770. The Balaban J connectivity index is 1.55. The molecule has 0 aliphatic carbocycles. The van der Waals surface area contributed by atoms with Crippen molar-refractivity contribution in [1.82, 2.24) is 14.8 Å². The summed E-state index contributed by atoms with van der Waals surface area (Å²) in [4.78, 5) is 12.3. The number of benzene rings is 2. The van der Waals surface area contributed by atoms with Crippen LogP contribution in [0, 0.1) is 0 Å². The predicted octanol–water partition coefficient (Wildman–Crippen LogP) is 5.08. The second-order valence-corrected chi connectivity index (χ2v) is 7.91. The normalized spacial score (nSPS) is 10.9. The first-order valence-electron chi connectivity index (χ1n) is 8.74. The molecule has 0 aliphatic rings. The van der Waals surface area contributed by atoms with Gasteiger partial charge >= 0.3 is 0 Å². The van der Waals surface area contributed by atoms with Crippen molar-refractivity contribution in [2.45, 2.75) is 11.7 Å². The van der Waals surface area contributed by atoms with Gasteiger partial charge < -0.3 is 5.32 Å². The van der Waals surface area contributed by atoms with E-state index in [0.29, 0.717) is 11.7 Å². The van der Waals surface area contributed by atoms with Gasteiger partial charge in [-0.05, 0) is 18.2 Å². The van der Waals surface area contributed by atoms with E-state index in [2.05, 4.69) is 39.6 Å². The molecule has 5 nitrogen and oxygen atoms in total. The number of hydrogen-bond acceptors (Lipinski definition) is 5. The average Bonchev–Trinajstić information content (AvgIpc) is 3.31. The SMILES string of the molecule is C=CCn1c(SCC(=O)Nc2ccccc2)nnc1-c1csc2ccccc12. The fourth-order valence-electron chi connectivity index (χ4n) is 2.89. The molecule has 4 rings (SSSR count). The van der Waals surface area contributed by atoms with Gasteiger partial charge in [-0.1, -0.05) is 54.2 Å². The van der Waals surface area contributed by atoms with E-state index in [4.69, 9.17) is 0 Å². The van der Waals surface area contributed by atoms with Gasteiger partial charge in [-0.15, -0.1) is 28.1 Å². The van der Waals surface area contributed by atoms with Gasteiger partial charge in [-0.3, -0.25) is 9.36 Å². The maximum absolute atomic E-state index is 12.3. The van der Waals surface area contributed by atoms with Crippen molar-refractivity contribution < 1.29 is 4.79 Å². The van der Waals surface area contributed by atoms with Gasteiger partial charge in [-0.2, -0.15) is 0 Å². The number of carbonyl (C=O) groups is 1. The highest BCUT2D eigenvalue weighted by Gasteiger charge is 2.17. The number of amides is 1. The van der Waals surface area contributed by atoms with Crippen LogP contribution in [0.1, 0.15) is 0 Å². The van der Waals surface area contributed by atoms with Crippen LogP contribution >= 0.6 is 23.1 Å². The lowest BCUT2D eigenvalue weighted by molar-refractivity contribution is -0.113. The summed E-state index contributed by atoms with van der Waals surface area (Å²) in [5, 5.41) is 15.6. The number of nitrogens with zero attached hydrogens (tertiary/aromatic N) is 3. The third-order valence-corrected chi connectivity index (χ3v) is 6.07. The second-order valence-electron chi connectivity index (χ2n) is 6.05. The zero-order valence-corrected chi connectivity index (χ0v) is 16.7. The molecule has 0 radical (unpaired) electrons. The maximum atomic E-state index is 12.3. The molecular weight excluding hydrogens is 388 g/mol. The standard InChI is InChI=1S/C21H18N4OS2/c1-2-12-25-20(17-13-27-18-11-7-6-10-16(17)18)23-24-21(25)28-14-19(26)22-15-8-4-3-5-9-15/h2-11,13H,1,12,14H2,(H,22,26). The molecule has 2 aromatic heterocycles. The molecule has 140 valence electrons. The van der Waals surface area contributed by atoms with Crippen LogP contribution in [0.2, 0.25) is 0 Å². The molecule has 0 fully saturated rings. The van der Waals surface area contributed by atoms with E-state index < -0.39 is 0 Å². The number of anilines is 1. The third-order valence-electron chi connectivity index (χ3n) is 4.14. The molecule has 28 heavy (non-hydrogen) atoms. The highest BCUT2D eigenvalue weighted by atomic mass is 32.2. The molecule has 1 amide bonds. The van der Waals surface area contributed by atoms with Crippen molar-refractivity contribution in [2.24, 2.45) is 0 Å². The molecular formula is C21H18N4OS2. The van der Waals surface area contributed by atoms with Gasteiger partial charge in [-0.25, -0.2) is 0 Å². The summed E-state index contributed by atoms with van der Waals surface area (Å²) in [6, 6.07) is 17.7. The lowest BCUT2D eigenvalue weighted by atomic mass is 10.1. The number of hydrogen-bond donors (Lipinski definition) is 1. The van der Waals surface area contributed by atoms with E-state index in [9.17, 15) is 4.79 Å². The number of fused-ring (bicyclic) bond motifs is 1. The molecule has 0 spiro atoms. The van der Waals surface area contributed by atoms with Gasteiger partial charge in [0.25, 0.3) is 0 Å². The molecule has 2 heterocycles. The van der Waals surface area contributed by atoms with Crippen LogP contribution in [0.15, 0.2) is 77.8 Å². The number of rotatable bonds is 7. The van der Waals surface area contributed by atoms with E-state index >= 15 is 0 Å². The number of carbonyl (C=O) groups excluding carboxylic acids is 1. The molecule has 0 saturated heterocycles.